The van der Waals surface area contributed by atoms with Crippen LogP contribution in [0.25, 0.3) is 5.65 Å². The number of fused-ring (bicyclic) bond motifs is 1. The summed E-state index contributed by atoms with van der Waals surface area (Å²) in [7, 11) is 0. The first-order valence-corrected chi connectivity index (χ1v) is 7.65. The first-order valence-electron chi connectivity index (χ1n) is 7.65. The molecular weight excluding hydrogens is 319 g/mol. The quantitative estimate of drug-likeness (QED) is 0.790. The average molecular weight is 333 g/mol. The van der Waals surface area contributed by atoms with Gasteiger partial charge < -0.3 is 5.11 Å². The Labute approximate surface area is 135 Å². The number of benzene rings is 1. The van der Waals surface area contributed by atoms with Crippen LogP contribution < -0.4 is 0 Å². The largest absolute Gasteiger partial charge is 0.493 e. The molecule has 24 heavy (non-hydrogen) atoms. The minimum atomic E-state index is -4.39. The predicted octanol–water partition coefficient (Wildman–Crippen LogP) is 3.92. The second-order valence-corrected chi connectivity index (χ2v) is 6.05. The van der Waals surface area contributed by atoms with Crippen LogP contribution in [0.5, 0.6) is 5.88 Å². The molecule has 4 rings (SSSR count). The molecule has 4 nitrogen and oxygen atoms in total. The molecule has 0 amide bonds. The maximum atomic E-state index is 12.9. The molecule has 1 N–H and O–H groups in total. The fraction of sp³-hybridized carbons (Fsp3) is 0.294. The van der Waals surface area contributed by atoms with Gasteiger partial charge in [-0.15, -0.1) is 0 Å². The molecule has 0 bridgehead atoms. The molecule has 0 aliphatic heterocycles. The predicted molar refractivity (Wildman–Crippen MR) is 80.9 cm³/mol. The molecule has 2 heterocycles. The highest BCUT2D eigenvalue weighted by Gasteiger charge is 2.32. The van der Waals surface area contributed by atoms with Crippen molar-refractivity contribution in [3.63, 3.8) is 0 Å². The van der Waals surface area contributed by atoms with Gasteiger partial charge in [0.05, 0.1) is 17.5 Å². The number of aromatic hydroxyl groups is 1. The number of aromatic nitrogens is 3. The first kappa shape index (κ1) is 15.0. The molecule has 1 fully saturated rings. The SMILES string of the molecule is Oc1c(Cc2cccc(C(F)(F)F)c2)c(C2CC2)nc2ccnn12. The average Bonchev–Trinajstić information content (AvgIpc) is 3.27. The Morgan fingerprint density at radius 3 is 2.71 bits per heavy atom. The molecule has 1 aliphatic carbocycles. The van der Waals surface area contributed by atoms with Gasteiger partial charge in [0.1, 0.15) is 0 Å². The van der Waals surface area contributed by atoms with Crippen molar-refractivity contribution in [3.8, 4) is 5.88 Å². The first-order chi connectivity index (χ1) is 11.4. The van der Waals surface area contributed by atoms with Crippen molar-refractivity contribution in [2.75, 3.05) is 0 Å². The van der Waals surface area contributed by atoms with Gasteiger partial charge in [-0.2, -0.15) is 22.8 Å². The zero-order valence-electron chi connectivity index (χ0n) is 12.6. The summed E-state index contributed by atoms with van der Waals surface area (Å²) in [5.74, 6) is 0.209. The highest BCUT2D eigenvalue weighted by Crippen LogP contribution is 2.43. The van der Waals surface area contributed by atoms with E-state index in [1.165, 1.54) is 16.8 Å². The van der Waals surface area contributed by atoms with Crippen molar-refractivity contribution in [2.45, 2.75) is 31.4 Å². The van der Waals surface area contributed by atoms with Crippen molar-refractivity contribution in [1.82, 2.24) is 14.6 Å². The third-order valence-corrected chi connectivity index (χ3v) is 4.24. The second-order valence-electron chi connectivity index (χ2n) is 6.05. The Hall–Kier alpha value is -2.57. The van der Waals surface area contributed by atoms with Crippen molar-refractivity contribution in [2.24, 2.45) is 0 Å². The lowest BCUT2D eigenvalue weighted by atomic mass is 10.0. The van der Waals surface area contributed by atoms with E-state index >= 15 is 0 Å². The van der Waals surface area contributed by atoms with Crippen molar-refractivity contribution in [3.05, 3.63) is 58.9 Å². The molecule has 124 valence electrons. The van der Waals surface area contributed by atoms with Gasteiger partial charge in [0, 0.05) is 24.0 Å². The molecule has 0 radical (unpaired) electrons. The molecule has 7 heteroatoms. The van der Waals surface area contributed by atoms with Crippen LogP contribution in [0, 0.1) is 0 Å². The molecule has 1 saturated carbocycles. The summed E-state index contributed by atoms with van der Waals surface area (Å²) in [6, 6.07) is 6.85. The van der Waals surface area contributed by atoms with Crippen LogP contribution in [-0.4, -0.2) is 19.7 Å². The Morgan fingerprint density at radius 2 is 2.00 bits per heavy atom. The van der Waals surface area contributed by atoms with Crippen LogP contribution in [0.1, 0.15) is 41.1 Å². The van der Waals surface area contributed by atoms with Crippen molar-refractivity contribution < 1.29 is 18.3 Å². The molecule has 2 aromatic heterocycles. The third-order valence-electron chi connectivity index (χ3n) is 4.24. The summed E-state index contributed by atoms with van der Waals surface area (Å²) in [5.41, 5.74) is 1.64. The minimum Gasteiger partial charge on any atom is -0.493 e. The lowest BCUT2D eigenvalue weighted by Gasteiger charge is -2.13. The van der Waals surface area contributed by atoms with Gasteiger partial charge >= 0.3 is 6.18 Å². The number of halogens is 3. The van der Waals surface area contributed by atoms with Crippen LogP contribution in [0.15, 0.2) is 36.5 Å². The normalized spacial score (nSPS) is 15.1. The van der Waals surface area contributed by atoms with E-state index in [0.717, 1.165) is 30.7 Å². The van der Waals surface area contributed by atoms with E-state index in [2.05, 4.69) is 10.1 Å². The van der Waals surface area contributed by atoms with E-state index in [0.29, 0.717) is 16.8 Å². The molecule has 0 saturated heterocycles. The zero-order valence-corrected chi connectivity index (χ0v) is 12.6. The van der Waals surface area contributed by atoms with Crippen LogP contribution >= 0.6 is 0 Å². The maximum Gasteiger partial charge on any atom is 0.416 e. The van der Waals surface area contributed by atoms with Gasteiger partial charge in [-0.05, 0) is 24.5 Å². The number of alkyl halides is 3. The Kier molecular flexibility index (Phi) is 3.26. The van der Waals surface area contributed by atoms with Gasteiger partial charge in [-0.3, -0.25) is 0 Å². The highest BCUT2D eigenvalue weighted by molar-refractivity contribution is 5.48. The summed E-state index contributed by atoms with van der Waals surface area (Å²) in [6.07, 6.45) is -0.711. The molecule has 1 aliphatic rings. The second kappa shape index (κ2) is 5.22. The zero-order chi connectivity index (χ0) is 16.9. The van der Waals surface area contributed by atoms with Crippen molar-refractivity contribution >= 4 is 5.65 Å². The number of rotatable bonds is 3. The Bertz CT molecular complexity index is 913. The number of hydrogen-bond acceptors (Lipinski definition) is 3. The van der Waals surface area contributed by atoms with E-state index < -0.39 is 11.7 Å². The summed E-state index contributed by atoms with van der Waals surface area (Å²) in [4.78, 5) is 4.54. The summed E-state index contributed by atoms with van der Waals surface area (Å²) in [5, 5.41) is 14.5. The van der Waals surface area contributed by atoms with E-state index in [1.807, 2.05) is 0 Å². The number of hydrogen-bond donors (Lipinski definition) is 1. The van der Waals surface area contributed by atoms with E-state index in [-0.39, 0.29) is 18.2 Å². The summed E-state index contributed by atoms with van der Waals surface area (Å²) in [6.45, 7) is 0. The molecule has 0 atom stereocenters. The smallest absolute Gasteiger partial charge is 0.416 e. The fourth-order valence-corrected chi connectivity index (χ4v) is 2.90. The minimum absolute atomic E-state index is 0.0516. The van der Waals surface area contributed by atoms with Gasteiger partial charge in [-0.1, -0.05) is 18.2 Å². The lowest BCUT2D eigenvalue weighted by molar-refractivity contribution is -0.137. The van der Waals surface area contributed by atoms with Crippen LogP contribution in [-0.2, 0) is 12.6 Å². The molecule has 1 aromatic carbocycles. The monoisotopic (exact) mass is 333 g/mol. The lowest BCUT2D eigenvalue weighted by Crippen LogP contribution is -2.07. The van der Waals surface area contributed by atoms with Crippen LogP contribution in [0.4, 0.5) is 13.2 Å². The molecular formula is C17H14F3N3O. The molecule has 0 spiro atoms. The van der Waals surface area contributed by atoms with Gasteiger partial charge in [0.15, 0.2) is 5.65 Å². The standard InChI is InChI=1S/C17H14F3N3O/c18-17(19,20)12-3-1-2-10(8-12)9-13-15(11-4-5-11)22-14-6-7-21-23(14)16(13)24/h1-3,6-8,11,24H,4-5,9H2. The summed E-state index contributed by atoms with van der Waals surface area (Å²) < 4.78 is 40.0. The van der Waals surface area contributed by atoms with E-state index in [9.17, 15) is 18.3 Å². The van der Waals surface area contributed by atoms with Gasteiger partial charge in [0.2, 0.25) is 5.88 Å². The fourth-order valence-electron chi connectivity index (χ4n) is 2.90. The van der Waals surface area contributed by atoms with Gasteiger partial charge in [-0.25, -0.2) is 4.98 Å². The van der Waals surface area contributed by atoms with Crippen LogP contribution in [0.2, 0.25) is 0 Å². The maximum absolute atomic E-state index is 12.9. The highest BCUT2D eigenvalue weighted by atomic mass is 19.4. The van der Waals surface area contributed by atoms with Crippen molar-refractivity contribution in [1.29, 1.82) is 0 Å². The van der Waals surface area contributed by atoms with E-state index in [1.54, 1.807) is 12.1 Å². The van der Waals surface area contributed by atoms with Crippen LogP contribution in [0.3, 0.4) is 0 Å². The Balaban J connectivity index is 1.79. The van der Waals surface area contributed by atoms with E-state index in [4.69, 9.17) is 0 Å². The number of nitrogens with zero attached hydrogens (tertiary/aromatic N) is 3. The third kappa shape index (κ3) is 2.60. The molecule has 3 aromatic rings. The molecule has 0 unspecified atom stereocenters. The summed E-state index contributed by atoms with van der Waals surface area (Å²) >= 11 is 0. The topological polar surface area (TPSA) is 50.4 Å². The Morgan fingerprint density at radius 1 is 1.21 bits per heavy atom. The van der Waals surface area contributed by atoms with Gasteiger partial charge in [0.25, 0.3) is 0 Å².